The Bertz CT molecular complexity index is 698. The summed E-state index contributed by atoms with van der Waals surface area (Å²) in [5.74, 6) is -0.145. The van der Waals surface area contributed by atoms with E-state index in [1.807, 2.05) is 0 Å². The van der Waals surface area contributed by atoms with Gasteiger partial charge in [-0.1, -0.05) is 24.4 Å². The third kappa shape index (κ3) is 7.42. The Balaban J connectivity index is 2.25. The maximum Gasteiger partial charge on any atom is 0.573 e. The summed E-state index contributed by atoms with van der Waals surface area (Å²) < 4.78 is 46.6. The summed E-state index contributed by atoms with van der Waals surface area (Å²) in [6.45, 7) is 0.595. The highest BCUT2D eigenvalue weighted by atomic mass is 32.1. The molecule has 7 heteroatoms. The number of ketones is 1. The average molecular weight is 400 g/mol. The predicted octanol–water partition coefficient (Wildman–Crippen LogP) is 5.52. The number of ether oxygens (including phenoxy) is 2. The summed E-state index contributed by atoms with van der Waals surface area (Å²) in [6, 6.07) is 5.75. The van der Waals surface area contributed by atoms with E-state index in [4.69, 9.17) is 17.0 Å². The molecule has 0 fully saturated rings. The molecule has 1 aliphatic rings. The van der Waals surface area contributed by atoms with Crippen molar-refractivity contribution in [3.05, 3.63) is 35.9 Å². The van der Waals surface area contributed by atoms with Crippen LogP contribution in [0, 0.1) is 5.92 Å². The van der Waals surface area contributed by atoms with Gasteiger partial charge in [-0.3, -0.25) is 4.79 Å². The van der Waals surface area contributed by atoms with Gasteiger partial charge in [0.05, 0.1) is 0 Å². The van der Waals surface area contributed by atoms with Gasteiger partial charge in [0.25, 0.3) is 0 Å². The maximum atomic E-state index is 12.5. The highest BCUT2D eigenvalue weighted by molar-refractivity contribution is 7.80. The normalized spacial score (nSPS) is 21.5. The number of allylic oxidation sites excluding steroid dienone is 2. The molecule has 0 N–H and O–H groups in total. The van der Waals surface area contributed by atoms with E-state index < -0.39 is 6.36 Å². The maximum absolute atomic E-state index is 12.5. The third-order valence-corrected chi connectivity index (χ3v) is 5.05. The number of hydrogen-bond donors (Lipinski definition) is 0. The van der Waals surface area contributed by atoms with E-state index >= 15 is 0 Å². The van der Waals surface area contributed by atoms with Gasteiger partial charge in [-0.2, -0.15) is 0 Å². The van der Waals surface area contributed by atoms with Crippen LogP contribution in [0.25, 0.3) is 5.57 Å². The summed E-state index contributed by atoms with van der Waals surface area (Å²) in [6.07, 6.45) is 0.662. The summed E-state index contributed by atoms with van der Waals surface area (Å²) in [4.78, 5) is 13.1. The summed E-state index contributed by atoms with van der Waals surface area (Å²) >= 11 is 5.53. The molecule has 0 saturated carbocycles. The van der Waals surface area contributed by atoms with Gasteiger partial charge in [-0.05, 0) is 72.2 Å². The summed E-state index contributed by atoms with van der Waals surface area (Å²) in [5.41, 5.74) is 1.27. The van der Waals surface area contributed by atoms with Crippen molar-refractivity contribution in [3.8, 4) is 5.75 Å². The third-order valence-electron chi connectivity index (χ3n) is 4.51. The van der Waals surface area contributed by atoms with Gasteiger partial charge in [0.1, 0.15) is 5.75 Å². The van der Waals surface area contributed by atoms with Gasteiger partial charge in [-0.15, -0.1) is 13.2 Å². The van der Waals surface area contributed by atoms with E-state index in [0.29, 0.717) is 37.0 Å². The molecule has 0 bridgehead atoms. The van der Waals surface area contributed by atoms with Crippen molar-refractivity contribution < 1.29 is 27.4 Å². The Morgan fingerprint density at radius 2 is 2.00 bits per heavy atom. The molecular formula is C20H23F3O3S. The largest absolute Gasteiger partial charge is 0.573 e. The first-order valence-electron chi connectivity index (χ1n) is 8.89. The number of alkyl halides is 3. The van der Waals surface area contributed by atoms with Crippen molar-refractivity contribution >= 4 is 28.4 Å². The van der Waals surface area contributed by atoms with E-state index in [0.717, 1.165) is 24.1 Å². The number of hydrogen-bond acceptors (Lipinski definition) is 4. The molecule has 0 aliphatic heterocycles. The first-order chi connectivity index (χ1) is 12.8. The Morgan fingerprint density at radius 3 is 2.70 bits per heavy atom. The summed E-state index contributed by atoms with van der Waals surface area (Å²) in [7, 11) is 1.64. The van der Waals surface area contributed by atoms with Crippen molar-refractivity contribution in [1.82, 2.24) is 0 Å². The topological polar surface area (TPSA) is 35.5 Å². The van der Waals surface area contributed by atoms with Crippen LogP contribution in [0.15, 0.2) is 30.3 Å². The van der Waals surface area contributed by atoms with Crippen LogP contribution in [-0.2, 0) is 9.53 Å². The zero-order valence-electron chi connectivity index (χ0n) is 15.2. The second-order valence-electron chi connectivity index (χ2n) is 6.55. The fourth-order valence-electron chi connectivity index (χ4n) is 3.16. The second kappa shape index (κ2) is 9.99. The molecule has 1 aliphatic carbocycles. The fourth-order valence-corrected chi connectivity index (χ4v) is 3.54. The van der Waals surface area contributed by atoms with Crippen molar-refractivity contribution in [2.24, 2.45) is 5.92 Å². The zero-order valence-corrected chi connectivity index (χ0v) is 16.0. The molecule has 1 atom stereocenters. The smallest absolute Gasteiger partial charge is 0.406 e. The number of benzene rings is 1. The van der Waals surface area contributed by atoms with Crippen LogP contribution in [0.2, 0.25) is 0 Å². The summed E-state index contributed by atoms with van der Waals surface area (Å²) in [5, 5.41) is 0. The SMILES string of the molecule is COCCC1CC/C(c2cccc(OC(F)(F)F)c2)=C\C(=O)CCCC1=S. The Hall–Kier alpha value is -1.73. The zero-order chi connectivity index (χ0) is 19.9. The Morgan fingerprint density at radius 1 is 1.22 bits per heavy atom. The second-order valence-corrected chi connectivity index (χ2v) is 7.07. The highest BCUT2D eigenvalue weighted by Gasteiger charge is 2.31. The lowest BCUT2D eigenvalue weighted by atomic mass is 9.87. The van der Waals surface area contributed by atoms with Gasteiger partial charge in [-0.25, -0.2) is 0 Å². The van der Waals surface area contributed by atoms with Crippen molar-refractivity contribution in [3.63, 3.8) is 0 Å². The predicted molar refractivity (Wildman–Crippen MR) is 102 cm³/mol. The molecule has 27 heavy (non-hydrogen) atoms. The molecular weight excluding hydrogens is 377 g/mol. The molecule has 0 spiro atoms. The lowest BCUT2D eigenvalue weighted by Gasteiger charge is -2.20. The van der Waals surface area contributed by atoms with E-state index in [1.54, 1.807) is 19.3 Å². The van der Waals surface area contributed by atoms with Gasteiger partial charge >= 0.3 is 6.36 Å². The Labute approximate surface area is 162 Å². The van der Waals surface area contributed by atoms with Crippen LogP contribution in [-0.4, -0.2) is 30.7 Å². The minimum absolute atomic E-state index is 0.0368. The average Bonchev–Trinajstić information content (AvgIpc) is 2.59. The molecule has 0 radical (unpaired) electrons. The minimum atomic E-state index is -4.75. The molecule has 0 aromatic heterocycles. The van der Waals surface area contributed by atoms with Crippen LogP contribution in [0.5, 0.6) is 5.75 Å². The number of thiocarbonyl (C=S) groups is 1. The van der Waals surface area contributed by atoms with Crippen LogP contribution in [0.3, 0.4) is 0 Å². The molecule has 3 nitrogen and oxygen atoms in total. The van der Waals surface area contributed by atoms with E-state index in [2.05, 4.69) is 4.74 Å². The van der Waals surface area contributed by atoms with Crippen molar-refractivity contribution in [1.29, 1.82) is 0 Å². The Kier molecular flexibility index (Phi) is 7.98. The van der Waals surface area contributed by atoms with Gasteiger partial charge in [0.15, 0.2) is 5.78 Å². The molecule has 0 amide bonds. The number of methoxy groups -OCH3 is 1. The van der Waals surface area contributed by atoms with Crippen LogP contribution < -0.4 is 4.74 Å². The van der Waals surface area contributed by atoms with E-state index in [1.165, 1.54) is 18.2 Å². The molecule has 1 aromatic carbocycles. The fraction of sp³-hybridized carbons (Fsp3) is 0.500. The molecule has 2 rings (SSSR count). The van der Waals surface area contributed by atoms with Gasteiger partial charge in [0.2, 0.25) is 0 Å². The van der Waals surface area contributed by atoms with Crippen LogP contribution >= 0.6 is 12.2 Å². The van der Waals surface area contributed by atoms with Crippen LogP contribution in [0.1, 0.15) is 44.1 Å². The standard InChI is InChI=1S/C20H23F3O3S/c1-25-11-10-14-8-9-16(12-17(24)5-3-7-19(14)27)15-4-2-6-18(13-15)26-20(21,22)23/h2,4,6,12-14H,3,5,7-11H2,1H3/b16-12+. The minimum Gasteiger partial charge on any atom is -0.406 e. The molecule has 0 saturated heterocycles. The molecule has 0 heterocycles. The van der Waals surface area contributed by atoms with Crippen LogP contribution in [0.4, 0.5) is 13.2 Å². The monoisotopic (exact) mass is 400 g/mol. The van der Waals surface area contributed by atoms with Gasteiger partial charge in [0, 0.05) is 20.1 Å². The molecule has 1 unspecified atom stereocenters. The number of halogens is 3. The van der Waals surface area contributed by atoms with Crippen molar-refractivity contribution in [2.75, 3.05) is 13.7 Å². The van der Waals surface area contributed by atoms with E-state index in [-0.39, 0.29) is 17.5 Å². The van der Waals surface area contributed by atoms with Gasteiger partial charge < -0.3 is 9.47 Å². The highest BCUT2D eigenvalue weighted by Crippen LogP contribution is 2.31. The first kappa shape index (κ1) is 21.6. The quantitative estimate of drug-likeness (QED) is 0.610. The number of carbonyl (C=O) groups excluding carboxylic acids is 1. The molecule has 1 aromatic rings. The number of rotatable bonds is 5. The molecule has 148 valence electrons. The van der Waals surface area contributed by atoms with E-state index in [9.17, 15) is 18.0 Å². The number of carbonyl (C=O) groups is 1. The lowest BCUT2D eigenvalue weighted by molar-refractivity contribution is -0.274. The van der Waals surface area contributed by atoms with Crippen molar-refractivity contribution in [2.45, 2.75) is 44.9 Å². The lowest BCUT2D eigenvalue weighted by Crippen LogP contribution is -2.17. The first-order valence-corrected chi connectivity index (χ1v) is 9.30.